The van der Waals surface area contributed by atoms with Crippen LogP contribution >= 0.6 is 0 Å². The Kier molecular flexibility index (Phi) is 6.63. The molecule has 2 aliphatic rings. The van der Waals surface area contributed by atoms with E-state index in [-0.39, 0.29) is 5.78 Å². The lowest BCUT2D eigenvalue weighted by atomic mass is 9.99. The van der Waals surface area contributed by atoms with E-state index in [0.717, 1.165) is 50.4 Å². The number of hydrogen-bond acceptors (Lipinski definition) is 4. The first-order chi connectivity index (χ1) is 14.2. The summed E-state index contributed by atoms with van der Waals surface area (Å²) in [7, 11) is 0. The molecule has 1 fully saturated rings. The molecule has 4 heteroatoms. The van der Waals surface area contributed by atoms with Crippen LogP contribution in [0.4, 0.5) is 0 Å². The smallest absolute Gasteiger partial charge is 0.176 e. The van der Waals surface area contributed by atoms with E-state index in [9.17, 15) is 4.79 Å². The predicted molar refractivity (Wildman–Crippen MR) is 117 cm³/mol. The molecule has 154 valence electrons. The number of benzene rings is 2. The maximum Gasteiger partial charge on any atom is 0.176 e. The molecule has 0 radical (unpaired) electrons. The molecule has 2 aliphatic heterocycles. The van der Waals surface area contributed by atoms with Crippen molar-refractivity contribution < 1.29 is 9.53 Å². The quantitative estimate of drug-likeness (QED) is 0.498. The van der Waals surface area contributed by atoms with Crippen molar-refractivity contribution in [2.45, 2.75) is 45.2 Å². The molecule has 29 heavy (non-hydrogen) atoms. The Labute approximate surface area is 174 Å². The van der Waals surface area contributed by atoms with Gasteiger partial charge in [0.25, 0.3) is 0 Å². The first-order valence-corrected chi connectivity index (χ1v) is 11.0. The van der Waals surface area contributed by atoms with Crippen molar-refractivity contribution in [1.82, 2.24) is 9.80 Å². The van der Waals surface area contributed by atoms with Gasteiger partial charge in [0.15, 0.2) is 5.78 Å². The second kappa shape index (κ2) is 9.55. The van der Waals surface area contributed by atoms with Gasteiger partial charge in [0.05, 0.1) is 13.2 Å². The van der Waals surface area contributed by atoms with Gasteiger partial charge in [-0.3, -0.25) is 9.69 Å². The van der Waals surface area contributed by atoms with Crippen molar-refractivity contribution in [2.24, 2.45) is 0 Å². The third kappa shape index (κ3) is 5.26. The van der Waals surface area contributed by atoms with Gasteiger partial charge in [-0.1, -0.05) is 24.3 Å². The standard InChI is InChI=1S/C25H32N2O2/c1-20-6-4-14-27(20)15-5-17-29-24-11-9-22(10-12-24)25(28)19-26-16-13-21-7-2-3-8-23(21)18-26/h2-3,7-12,20H,4-6,13-19H2,1H3/t20-/m1/s1. The molecule has 1 atom stereocenters. The largest absolute Gasteiger partial charge is 0.494 e. The molecule has 0 aliphatic carbocycles. The van der Waals surface area contributed by atoms with Crippen LogP contribution in [0.3, 0.4) is 0 Å². The lowest BCUT2D eigenvalue weighted by Crippen LogP contribution is -2.34. The summed E-state index contributed by atoms with van der Waals surface area (Å²) < 4.78 is 5.88. The highest BCUT2D eigenvalue weighted by molar-refractivity contribution is 5.97. The van der Waals surface area contributed by atoms with Crippen molar-refractivity contribution in [2.75, 3.05) is 32.8 Å². The fourth-order valence-electron chi connectivity index (χ4n) is 4.50. The Hall–Kier alpha value is -2.17. The topological polar surface area (TPSA) is 32.8 Å². The monoisotopic (exact) mass is 392 g/mol. The van der Waals surface area contributed by atoms with E-state index >= 15 is 0 Å². The summed E-state index contributed by atoms with van der Waals surface area (Å²) >= 11 is 0. The molecule has 0 saturated carbocycles. The zero-order valence-electron chi connectivity index (χ0n) is 17.5. The van der Waals surface area contributed by atoms with Crippen molar-refractivity contribution in [3.05, 3.63) is 65.2 Å². The number of hydrogen-bond donors (Lipinski definition) is 0. The molecular formula is C25H32N2O2. The molecular weight excluding hydrogens is 360 g/mol. The van der Waals surface area contributed by atoms with E-state index in [1.165, 1.54) is 30.5 Å². The minimum Gasteiger partial charge on any atom is -0.494 e. The zero-order chi connectivity index (χ0) is 20.1. The maximum absolute atomic E-state index is 12.7. The van der Waals surface area contributed by atoms with Crippen molar-refractivity contribution >= 4 is 5.78 Å². The first kappa shape index (κ1) is 20.1. The van der Waals surface area contributed by atoms with Crippen LogP contribution in [0.25, 0.3) is 0 Å². The van der Waals surface area contributed by atoms with Crippen LogP contribution < -0.4 is 4.74 Å². The number of Topliss-reactive ketones (excluding diaryl/α,β-unsaturated/α-hetero) is 1. The van der Waals surface area contributed by atoms with Gasteiger partial charge < -0.3 is 9.64 Å². The highest BCUT2D eigenvalue weighted by atomic mass is 16.5. The van der Waals surface area contributed by atoms with Crippen molar-refractivity contribution in [1.29, 1.82) is 0 Å². The van der Waals surface area contributed by atoms with Crippen LogP contribution in [0.2, 0.25) is 0 Å². The van der Waals surface area contributed by atoms with Gasteiger partial charge in [0.2, 0.25) is 0 Å². The van der Waals surface area contributed by atoms with E-state index in [1.54, 1.807) is 0 Å². The molecule has 2 aromatic carbocycles. The van der Waals surface area contributed by atoms with Gasteiger partial charge in [0, 0.05) is 31.2 Å². The molecule has 4 nitrogen and oxygen atoms in total. The number of rotatable bonds is 8. The molecule has 0 aromatic heterocycles. The normalized spacial score (nSPS) is 19.8. The summed E-state index contributed by atoms with van der Waals surface area (Å²) in [5.41, 5.74) is 3.53. The van der Waals surface area contributed by atoms with Crippen molar-refractivity contribution in [3.63, 3.8) is 0 Å². The molecule has 2 heterocycles. The second-order valence-electron chi connectivity index (χ2n) is 8.41. The lowest BCUT2D eigenvalue weighted by Gasteiger charge is -2.28. The highest BCUT2D eigenvalue weighted by Gasteiger charge is 2.20. The first-order valence-electron chi connectivity index (χ1n) is 11.0. The number of ether oxygens (including phenoxy) is 1. The number of fused-ring (bicyclic) bond motifs is 1. The fourth-order valence-corrected chi connectivity index (χ4v) is 4.50. The Morgan fingerprint density at radius 3 is 2.62 bits per heavy atom. The van der Waals surface area contributed by atoms with Gasteiger partial charge in [-0.25, -0.2) is 0 Å². The Morgan fingerprint density at radius 1 is 1.07 bits per heavy atom. The summed E-state index contributed by atoms with van der Waals surface area (Å²) in [5, 5.41) is 0. The van der Waals surface area contributed by atoms with E-state index in [0.29, 0.717) is 12.6 Å². The zero-order valence-corrected chi connectivity index (χ0v) is 17.5. The number of likely N-dealkylation sites (tertiary alicyclic amines) is 1. The maximum atomic E-state index is 12.7. The molecule has 0 amide bonds. The molecule has 1 saturated heterocycles. The fraction of sp³-hybridized carbons (Fsp3) is 0.480. The molecule has 0 spiro atoms. The number of carbonyl (C=O) groups is 1. The van der Waals surface area contributed by atoms with E-state index in [1.807, 2.05) is 24.3 Å². The summed E-state index contributed by atoms with van der Waals surface area (Å²) in [4.78, 5) is 17.5. The van der Waals surface area contributed by atoms with Crippen molar-refractivity contribution in [3.8, 4) is 5.75 Å². The average Bonchev–Trinajstić information content (AvgIpc) is 3.16. The van der Waals surface area contributed by atoms with Crippen LogP contribution in [0.5, 0.6) is 5.75 Å². The van der Waals surface area contributed by atoms with Crippen LogP contribution in [0, 0.1) is 0 Å². The number of ketones is 1. The van der Waals surface area contributed by atoms with Crippen LogP contribution in [0.15, 0.2) is 48.5 Å². The third-order valence-electron chi connectivity index (χ3n) is 6.30. The van der Waals surface area contributed by atoms with Gasteiger partial charge >= 0.3 is 0 Å². The molecule has 2 aromatic rings. The Morgan fingerprint density at radius 2 is 1.86 bits per heavy atom. The van der Waals surface area contributed by atoms with Gasteiger partial charge in [-0.2, -0.15) is 0 Å². The average molecular weight is 393 g/mol. The van der Waals surface area contributed by atoms with Crippen LogP contribution in [-0.4, -0.2) is 54.4 Å². The van der Waals surface area contributed by atoms with Gasteiger partial charge in [0.1, 0.15) is 5.75 Å². The number of nitrogens with zero attached hydrogens (tertiary/aromatic N) is 2. The Balaban J connectivity index is 1.22. The summed E-state index contributed by atoms with van der Waals surface area (Å²) in [6.45, 7) is 7.65. The molecule has 0 unspecified atom stereocenters. The van der Waals surface area contributed by atoms with E-state index in [2.05, 4.69) is 41.0 Å². The minimum absolute atomic E-state index is 0.180. The second-order valence-corrected chi connectivity index (χ2v) is 8.41. The molecule has 4 rings (SSSR count). The van der Waals surface area contributed by atoms with Crippen LogP contribution in [-0.2, 0) is 13.0 Å². The van der Waals surface area contributed by atoms with E-state index < -0.39 is 0 Å². The van der Waals surface area contributed by atoms with Crippen LogP contribution in [0.1, 0.15) is 47.7 Å². The lowest BCUT2D eigenvalue weighted by molar-refractivity contribution is 0.0921. The highest BCUT2D eigenvalue weighted by Crippen LogP contribution is 2.20. The SMILES string of the molecule is C[C@@H]1CCCN1CCCOc1ccc(C(=O)CN2CCc3ccccc3C2)cc1. The third-order valence-corrected chi connectivity index (χ3v) is 6.30. The predicted octanol–water partition coefficient (Wildman–Crippen LogP) is 4.18. The molecule has 0 N–H and O–H groups in total. The number of carbonyl (C=O) groups excluding carboxylic acids is 1. The Bertz CT molecular complexity index is 818. The molecule has 0 bridgehead atoms. The minimum atomic E-state index is 0.180. The van der Waals surface area contributed by atoms with Gasteiger partial charge in [-0.15, -0.1) is 0 Å². The van der Waals surface area contributed by atoms with Gasteiger partial charge in [-0.05, 0) is 74.5 Å². The summed E-state index contributed by atoms with van der Waals surface area (Å²) in [6, 6.07) is 16.9. The summed E-state index contributed by atoms with van der Waals surface area (Å²) in [6.07, 6.45) is 4.70. The summed E-state index contributed by atoms with van der Waals surface area (Å²) in [5.74, 6) is 1.03. The van der Waals surface area contributed by atoms with E-state index in [4.69, 9.17) is 4.74 Å².